The third-order valence-corrected chi connectivity index (χ3v) is 4.69. The average Bonchev–Trinajstić information content (AvgIpc) is 2.42. The van der Waals surface area contributed by atoms with Gasteiger partial charge in [-0.15, -0.1) is 0 Å². The molecule has 1 aromatic carbocycles. The van der Waals surface area contributed by atoms with Gasteiger partial charge in [0.15, 0.2) is 0 Å². The van der Waals surface area contributed by atoms with Gasteiger partial charge >= 0.3 is 0 Å². The zero-order valence-electron chi connectivity index (χ0n) is 12.5. The largest absolute Gasteiger partial charge is 0.508 e. The first kappa shape index (κ1) is 14.4. The minimum Gasteiger partial charge on any atom is -0.508 e. The number of benzene rings is 1. The summed E-state index contributed by atoms with van der Waals surface area (Å²) in [6.45, 7) is 8.71. The van der Waals surface area contributed by atoms with Crippen molar-refractivity contribution in [1.82, 2.24) is 10.2 Å². The van der Waals surface area contributed by atoms with E-state index < -0.39 is 0 Å². The van der Waals surface area contributed by atoms with Crippen molar-refractivity contribution < 1.29 is 5.11 Å². The molecular weight excluding hydrogens is 236 g/mol. The van der Waals surface area contributed by atoms with Gasteiger partial charge in [-0.05, 0) is 46.7 Å². The first-order valence-electron chi connectivity index (χ1n) is 7.18. The van der Waals surface area contributed by atoms with Gasteiger partial charge < -0.3 is 10.4 Å². The highest BCUT2D eigenvalue weighted by molar-refractivity contribution is 5.37. The van der Waals surface area contributed by atoms with Gasteiger partial charge in [-0.2, -0.15) is 0 Å². The second kappa shape index (κ2) is 5.51. The summed E-state index contributed by atoms with van der Waals surface area (Å²) in [6.07, 6.45) is 2.31. The van der Waals surface area contributed by atoms with Gasteiger partial charge in [-0.1, -0.05) is 17.7 Å². The quantitative estimate of drug-likeness (QED) is 0.879. The first-order valence-corrected chi connectivity index (χ1v) is 7.18. The summed E-state index contributed by atoms with van der Waals surface area (Å²) in [5, 5.41) is 13.5. The van der Waals surface area contributed by atoms with E-state index in [1.165, 1.54) is 5.56 Å². The fraction of sp³-hybridized carbons (Fsp3) is 0.625. The minimum atomic E-state index is 0.269. The predicted molar refractivity (Wildman–Crippen MR) is 79.5 cm³/mol. The maximum atomic E-state index is 10.0. The summed E-state index contributed by atoms with van der Waals surface area (Å²) in [5.74, 6) is 0.417. The third-order valence-electron chi connectivity index (χ3n) is 4.69. The van der Waals surface area contributed by atoms with E-state index in [4.69, 9.17) is 0 Å². The molecule has 2 rings (SSSR count). The number of phenolic OH excluding ortho intramolecular Hbond substituents is 1. The van der Waals surface area contributed by atoms with E-state index in [1.807, 2.05) is 19.2 Å². The van der Waals surface area contributed by atoms with Crippen LogP contribution in [0.1, 0.15) is 43.9 Å². The smallest absolute Gasteiger partial charge is 0.120 e. The van der Waals surface area contributed by atoms with Crippen molar-refractivity contribution in [3.63, 3.8) is 0 Å². The fourth-order valence-corrected chi connectivity index (χ4v) is 2.86. The molecule has 0 saturated carbocycles. The summed E-state index contributed by atoms with van der Waals surface area (Å²) < 4.78 is 0. The van der Waals surface area contributed by atoms with Crippen LogP contribution in [0.3, 0.4) is 0 Å². The van der Waals surface area contributed by atoms with Crippen molar-refractivity contribution in [2.24, 2.45) is 0 Å². The molecular formula is C16H26N2O. The standard InChI is InChI=1S/C16H26N2O/c1-12-5-6-15(19)14(11-12)13(2)18-9-7-16(3,17-4)8-10-18/h5-6,11,13,17,19H,7-10H2,1-4H3. The maximum absolute atomic E-state index is 10.0. The molecule has 106 valence electrons. The van der Waals surface area contributed by atoms with Crippen LogP contribution in [-0.2, 0) is 0 Å². The molecule has 2 N–H and O–H groups in total. The predicted octanol–water partition coefficient (Wildman–Crippen LogP) is 2.84. The van der Waals surface area contributed by atoms with Crippen molar-refractivity contribution in [2.75, 3.05) is 20.1 Å². The molecule has 1 aliphatic heterocycles. The highest BCUT2D eigenvalue weighted by Gasteiger charge is 2.31. The molecule has 0 aliphatic carbocycles. The van der Waals surface area contributed by atoms with Crippen LogP contribution in [0.4, 0.5) is 0 Å². The molecule has 0 aromatic heterocycles. The lowest BCUT2D eigenvalue weighted by Gasteiger charge is -2.42. The third kappa shape index (κ3) is 3.10. The summed E-state index contributed by atoms with van der Waals surface area (Å²) in [5.41, 5.74) is 2.52. The molecule has 0 spiro atoms. The summed E-state index contributed by atoms with van der Waals surface area (Å²) in [6, 6.07) is 6.15. The Hall–Kier alpha value is -1.06. The molecule has 1 aliphatic rings. The van der Waals surface area contributed by atoms with E-state index >= 15 is 0 Å². The maximum Gasteiger partial charge on any atom is 0.120 e. The molecule has 0 amide bonds. The average molecular weight is 262 g/mol. The molecule has 1 fully saturated rings. The van der Waals surface area contributed by atoms with Gasteiger partial charge in [0.05, 0.1) is 0 Å². The Morgan fingerprint density at radius 3 is 2.53 bits per heavy atom. The van der Waals surface area contributed by atoms with Crippen LogP contribution in [0.5, 0.6) is 5.75 Å². The number of likely N-dealkylation sites (tertiary alicyclic amines) is 1. The number of aryl methyl sites for hydroxylation is 1. The van der Waals surface area contributed by atoms with E-state index in [9.17, 15) is 5.11 Å². The molecule has 1 atom stereocenters. The molecule has 0 bridgehead atoms. The number of hydrogen-bond acceptors (Lipinski definition) is 3. The molecule has 1 unspecified atom stereocenters. The van der Waals surface area contributed by atoms with Gasteiger partial charge in [0, 0.05) is 30.2 Å². The van der Waals surface area contributed by atoms with E-state index in [2.05, 4.69) is 37.1 Å². The normalized spacial score (nSPS) is 21.3. The van der Waals surface area contributed by atoms with Gasteiger partial charge in [0.25, 0.3) is 0 Å². The van der Waals surface area contributed by atoms with Gasteiger partial charge in [-0.25, -0.2) is 0 Å². The van der Waals surface area contributed by atoms with Crippen LogP contribution in [0.2, 0.25) is 0 Å². The van der Waals surface area contributed by atoms with E-state index in [1.54, 1.807) is 0 Å². The lowest BCUT2D eigenvalue weighted by molar-refractivity contribution is 0.116. The fourth-order valence-electron chi connectivity index (χ4n) is 2.86. The lowest BCUT2D eigenvalue weighted by Crippen LogP contribution is -2.50. The number of nitrogens with zero attached hydrogens (tertiary/aromatic N) is 1. The molecule has 1 heterocycles. The van der Waals surface area contributed by atoms with Crippen LogP contribution in [0, 0.1) is 6.92 Å². The highest BCUT2D eigenvalue weighted by atomic mass is 16.3. The molecule has 3 heteroatoms. The number of aromatic hydroxyl groups is 1. The molecule has 19 heavy (non-hydrogen) atoms. The van der Waals surface area contributed by atoms with Crippen molar-refractivity contribution in [3.8, 4) is 5.75 Å². The van der Waals surface area contributed by atoms with Crippen LogP contribution >= 0.6 is 0 Å². The number of hydrogen-bond donors (Lipinski definition) is 2. The lowest BCUT2D eigenvalue weighted by atomic mass is 9.88. The second-order valence-electron chi connectivity index (χ2n) is 6.08. The zero-order chi connectivity index (χ0) is 14.0. The number of piperidine rings is 1. The van der Waals surface area contributed by atoms with Crippen molar-refractivity contribution in [2.45, 2.75) is 45.2 Å². The molecule has 3 nitrogen and oxygen atoms in total. The van der Waals surface area contributed by atoms with Crippen LogP contribution in [0.15, 0.2) is 18.2 Å². The van der Waals surface area contributed by atoms with Gasteiger partial charge in [0.2, 0.25) is 0 Å². The Morgan fingerprint density at radius 1 is 1.32 bits per heavy atom. The van der Waals surface area contributed by atoms with Crippen molar-refractivity contribution in [3.05, 3.63) is 29.3 Å². The Labute approximate surface area is 116 Å². The van der Waals surface area contributed by atoms with Crippen LogP contribution < -0.4 is 5.32 Å². The van der Waals surface area contributed by atoms with Gasteiger partial charge in [-0.3, -0.25) is 4.90 Å². The summed E-state index contributed by atoms with van der Waals surface area (Å²) in [7, 11) is 2.05. The number of phenols is 1. The molecule has 1 saturated heterocycles. The highest BCUT2D eigenvalue weighted by Crippen LogP contribution is 2.32. The van der Waals surface area contributed by atoms with Gasteiger partial charge in [0.1, 0.15) is 5.75 Å². The Kier molecular flexibility index (Phi) is 4.16. The Bertz CT molecular complexity index is 436. The monoisotopic (exact) mass is 262 g/mol. The zero-order valence-corrected chi connectivity index (χ0v) is 12.5. The van der Waals surface area contributed by atoms with E-state index in [0.29, 0.717) is 5.75 Å². The second-order valence-corrected chi connectivity index (χ2v) is 6.08. The summed E-state index contributed by atoms with van der Waals surface area (Å²) >= 11 is 0. The first-order chi connectivity index (χ1) is 8.95. The Morgan fingerprint density at radius 2 is 1.95 bits per heavy atom. The van der Waals surface area contributed by atoms with Crippen LogP contribution in [0.25, 0.3) is 0 Å². The van der Waals surface area contributed by atoms with E-state index in [-0.39, 0.29) is 11.6 Å². The van der Waals surface area contributed by atoms with Crippen molar-refractivity contribution in [1.29, 1.82) is 0 Å². The summed E-state index contributed by atoms with van der Waals surface area (Å²) in [4.78, 5) is 2.47. The van der Waals surface area contributed by atoms with Crippen LogP contribution in [-0.4, -0.2) is 35.7 Å². The SMILES string of the molecule is CNC1(C)CCN(C(C)c2cc(C)ccc2O)CC1. The van der Waals surface area contributed by atoms with E-state index in [0.717, 1.165) is 31.5 Å². The number of rotatable bonds is 3. The topological polar surface area (TPSA) is 35.5 Å². The molecule has 0 radical (unpaired) electrons. The Balaban J connectivity index is 2.09. The van der Waals surface area contributed by atoms with Crippen molar-refractivity contribution >= 4 is 0 Å². The molecule has 1 aromatic rings. The minimum absolute atomic E-state index is 0.269. The number of nitrogens with one attached hydrogen (secondary N) is 1.